The van der Waals surface area contributed by atoms with Crippen molar-refractivity contribution in [1.82, 2.24) is 0 Å². The Balaban J connectivity index is 2.17. The van der Waals surface area contributed by atoms with E-state index in [0.29, 0.717) is 10.4 Å². The fraction of sp³-hybridized carbons (Fsp3) is 0.562. The molecule has 0 aliphatic heterocycles. The number of hydrogen-bond acceptors (Lipinski definition) is 2. The number of para-hydroxylation sites is 1. The lowest BCUT2D eigenvalue weighted by Gasteiger charge is -2.29. The molecule has 104 valence electrons. The first-order chi connectivity index (χ1) is 9.08. The van der Waals surface area contributed by atoms with Crippen LogP contribution in [0.5, 0.6) is 0 Å². The molecule has 0 aromatic heterocycles. The van der Waals surface area contributed by atoms with Crippen molar-refractivity contribution >= 4 is 22.9 Å². The van der Waals surface area contributed by atoms with E-state index in [9.17, 15) is 0 Å². The molecule has 0 heterocycles. The van der Waals surface area contributed by atoms with Crippen molar-refractivity contribution in [3.05, 3.63) is 29.3 Å². The zero-order valence-electron chi connectivity index (χ0n) is 12.0. The highest BCUT2D eigenvalue weighted by Gasteiger charge is 2.31. The highest BCUT2D eigenvalue weighted by atomic mass is 32.1. The lowest BCUT2D eigenvalue weighted by molar-refractivity contribution is 0.307. The Morgan fingerprint density at radius 1 is 1.37 bits per heavy atom. The van der Waals surface area contributed by atoms with Crippen LogP contribution in [0, 0.1) is 12.3 Å². The van der Waals surface area contributed by atoms with Gasteiger partial charge in [-0.05, 0) is 43.2 Å². The highest BCUT2D eigenvalue weighted by molar-refractivity contribution is 7.80. The van der Waals surface area contributed by atoms with Gasteiger partial charge in [0, 0.05) is 17.8 Å². The van der Waals surface area contributed by atoms with Crippen LogP contribution in [-0.2, 0) is 0 Å². The third-order valence-corrected chi connectivity index (χ3v) is 4.81. The van der Waals surface area contributed by atoms with Gasteiger partial charge in [-0.3, -0.25) is 0 Å². The van der Waals surface area contributed by atoms with E-state index in [1.807, 2.05) is 12.1 Å². The number of thiocarbonyl (C=S) groups is 1. The van der Waals surface area contributed by atoms with Gasteiger partial charge in [-0.2, -0.15) is 0 Å². The summed E-state index contributed by atoms with van der Waals surface area (Å²) in [4.78, 5) is 0.475. The van der Waals surface area contributed by atoms with Gasteiger partial charge in [0.1, 0.15) is 4.99 Å². The molecule has 1 saturated carbocycles. The second-order valence-electron chi connectivity index (χ2n) is 5.78. The van der Waals surface area contributed by atoms with Crippen molar-refractivity contribution in [3.8, 4) is 0 Å². The normalized spacial score (nSPS) is 17.4. The standard InChI is InChI=1S/C16H24N2S/c1-3-16(9-4-5-10-16)11-18-14-12(2)7-6-8-13(14)15(17)19/h6-8,18H,3-5,9-11H2,1-2H3,(H2,17,19). The van der Waals surface area contributed by atoms with Crippen LogP contribution in [0.15, 0.2) is 18.2 Å². The average Bonchev–Trinajstić information content (AvgIpc) is 2.86. The van der Waals surface area contributed by atoms with Crippen LogP contribution in [-0.4, -0.2) is 11.5 Å². The Labute approximate surface area is 121 Å². The average molecular weight is 276 g/mol. The van der Waals surface area contributed by atoms with Gasteiger partial charge in [-0.25, -0.2) is 0 Å². The van der Waals surface area contributed by atoms with Gasteiger partial charge >= 0.3 is 0 Å². The van der Waals surface area contributed by atoms with Crippen molar-refractivity contribution in [1.29, 1.82) is 0 Å². The van der Waals surface area contributed by atoms with Gasteiger partial charge in [0.2, 0.25) is 0 Å². The van der Waals surface area contributed by atoms with E-state index in [0.717, 1.165) is 17.8 Å². The van der Waals surface area contributed by atoms with Crippen LogP contribution < -0.4 is 11.1 Å². The molecule has 2 nitrogen and oxygen atoms in total. The predicted octanol–water partition coefficient (Wildman–Crippen LogP) is 4.01. The van der Waals surface area contributed by atoms with Gasteiger partial charge in [-0.1, -0.05) is 44.1 Å². The topological polar surface area (TPSA) is 38.0 Å². The third kappa shape index (κ3) is 3.08. The van der Waals surface area contributed by atoms with E-state index in [2.05, 4.69) is 25.2 Å². The van der Waals surface area contributed by atoms with E-state index in [1.54, 1.807) is 0 Å². The van der Waals surface area contributed by atoms with Crippen molar-refractivity contribution in [2.45, 2.75) is 46.0 Å². The van der Waals surface area contributed by atoms with E-state index in [-0.39, 0.29) is 0 Å². The first-order valence-electron chi connectivity index (χ1n) is 7.21. The molecule has 0 atom stereocenters. The minimum atomic E-state index is 0.468. The SMILES string of the molecule is CCC1(CNc2c(C)cccc2C(N)=S)CCCC1. The quantitative estimate of drug-likeness (QED) is 0.798. The van der Waals surface area contributed by atoms with Crippen molar-refractivity contribution in [2.24, 2.45) is 11.1 Å². The molecule has 0 unspecified atom stereocenters. The summed E-state index contributed by atoms with van der Waals surface area (Å²) in [6, 6.07) is 6.13. The fourth-order valence-electron chi connectivity index (χ4n) is 3.16. The van der Waals surface area contributed by atoms with Crippen LogP contribution in [0.25, 0.3) is 0 Å². The van der Waals surface area contributed by atoms with E-state index in [4.69, 9.17) is 18.0 Å². The Morgan fingerprint density at radius 3 is 2.63 bits per heavy atom. The maximum absolute atomic E-state index is 5.82. The van der Waals surface area contributed by atoms with Crippen LogP contribution in [0.2, 0.25) is 0 Å². The van der Waals surface area contributed by atoms with Crippen molar-refractivity contribution in [2.75, 3.05) is 11.9 Å². The summed E-state index contributed by atoms with van der Waals surface area (Å²) in [5.74, 6) is 0. The molecule has 1 aliphatic carbocycles. The largest absolute Gasteiger partial charge is 0.389 e. The zero-order valence-corrected chi connectivity index (χ0v) is 12.8. The number of nitrogens with one attached hydrogen (secondary N) is 1. The monoisotopic (exact) mass is 276 g/mol. The molecule has 1 aromatic carbocycles. The molecule has 0 amide bonds. The highest BCUT2D eigenvalue weighted by Crippen LogP contribution is 2.41. The molecule has 1 fully saturated rings. The van der Waals surface area contributed by atoms with Crippen LogP contribution >= 0.6 is 12.2 Å². The van der Waals surface area contributed by atoms with Gasteiger partial charge < -0.3 is 11.1 Å². The Kier molecular flexibility index (Phi) is 4.46. The zero-order chi connectivity index (χ0) is 13.9. The molecular formula is C16H24N2S. The number of rotatable bonds is 5. The van der Waals surface area contributed by atoms with Gasteiger partial charge in [0.25, 0.3) is 0 Å². The predicted molar refractivity (Wildman–Crippen MR) is 86.7 cm³/mol. The van der Waals surface area contributed by atoms with Crippen LogP contribution in [0.1, 0.15) is 50.2 Å². The summed E-state index contributed by atoms with van der Waals surface area (Å²) >= 11 is 5.15. The summed E-state index contributed by atoms with van der Waals surface area (Å²) in [5.41, 5.74) is 9.60. The van der Waals surface area contributed by atoms with Crippen molar-refractivity contribution < 1.29 is 0 Å². The summed E-state index contributed by atoms with van der Waals surface area (Å²) in [5, 5.41) is 3.63. The van der Waals surface area contributed by atoms with Crippen LogP contribution in [0.4, 0.5) is 5.69 Å². The second-order valence-corrected chi connectivity index (χ2v) is 6.22. The molecule has 19 heavy (non-hydrogen) atoms. The Morgan fingerprint density at radius 2 is 2.05 bits per heavy atom. The van der Waals surface area contributed by atoms with E-state index >= 15 is 0 Å². The van der Waals surface area contributed by atoms with Gasteiger partial charge in [0.05, 0.1) is 0 Å². The van der Waals surface area contributed by atoms with Gasteiger partial charge in [0.15, 0.2) is 0 Å². The van der Waals surface area contributed by atoms with Gasteiger partial charge in [-0.15, -0.1) is 0 Å². The lowest BCUT2D eigenvalue weighted by atomic mass is 9.83. The summed E-state index contributed by atoms with van der Waals surface area (Å²) in [6.45, 7) is 5.45. The Bertz CT molecular complexity index is 462. The summed E-state index contributed by atoms with van der Waals surface area (Å²) < 4.78 is 0. The summed E-state index contributed by atoms with van der Waals surface area (Å²) in [7, 11) is 0. The number of hydrogen-bond donors (Lipinski definition) is 2. The molecule has 2 rings (SSSR count). The molecule has 1 aromatic rings. The Hall–Kier alpha value is -1.09. The maximum Gasteiger partial charge on any atom is 0.106 e. The number of anilines is 1. The minimum absolute atomic E-state index is 0.468. The van der Waals surface area contributed by atoms with E-state index in [1.165, 1.54) is 37.7 Å². The minimum Gasteiger partial charge on any atom is -0.389 e. The number of nitrogens with two attached hydrogens (primary N) is 1. The second kappa shape index (κ2) is 5.91. The molecule has 0 saturated heterocycles. The van der Waals surface area contributed by atoms with E-state index < -0.39 is 0 Å². The molecule has 0 spiro atoms. The van der Waals surface area contributed by atoms with Crippen molar-refractivity contribution in [3.63, 3.8) is 0 Å². The van der Waals surface area contributed by atoms with Crippen LogP contribution in [0.3, 0.4) is 0 Å². The number of aryl methyl sites for hydroxylation is 1. The third-order valence-electron chi connectivity index (χ3n) is 4.59. The number of benzene rings is 1. The first kappa shape index (κ1) is 14.3. The molecular weight excluding hydrogens is 252 g/mol. The molecule has 0 bridgehead atoms. The molecule has 1 aliphatic rings. The molecule has 3 N–H and O–H groups in total. The summed E-state index contributed by atoms with van der Waals surface area (Å²) in [6.07, 6.45) is 6.65. The smallest absolute Gasteiger partial charge is 0.106 e. The molecule has 0 radical (unpaired) electrons. The first-order valence-corrected chi connectivity index (χ1v) is 7.62. The lowest BCUT2D eigenvalue weighted by Crippen LogP contribution is -2.27. The fourth-order valence-corrected chi connectivity index (χ4v) is 3.33. The molecule has 3 heteroatoms. The maximum atomic E-state index is 5.82.